The molecule has 0 spiro atoms. The Hall–Kier alpha value is 0.380. The molecule has 0 saturated heterocycles. The number of sulfonamides is 1. The maximum Gasteiger partial charge on any atom is 0.241 e. The van der Waals surface area contributed by atoms with Gasteiger partial charge in [0.05, 0.1) is 8.68 Å². The number of thiophene rings is 1. The van der Waals surface area contributed by atoms with Crippen LogP contribution in [0.25, 0.3) is 0 Å². The molecule has 3 nitrogen and oxygen atoms in total. The van der Waals surface area contributed by atoms with Crippen LogP contribution in [0.4, 0.5) is 0 Å². The van der Waals surface area contributed by atoms with Crippen LogP contribution in [0.3, 0.4) is 0 Å². The molecular weight excluding hydrogens is 370 g/mol. The van der Waals surface area contributed by atoms with Crippen LogP contribution in [-0.2, 0) is 10.0 Å². The van der Waals surface area contributed by atoms with Gasteiger partial charge in [0.2, 0.25) is 10.0 Å². The summed E-state index contributed by atoms with van der Waals surface area (Å²) in [6.45, 7) is 6.20. The van der Waals surface area contributed by atoms with Gasteiger partial charge in [0.25, 0.3) is 0 Å². The summed E-state index contributed by atoms with van der Waals surface area (Å²) in [5, 5.41) is -0.174. The number of rotatable bonds is 7. The Morgan fingerprint density at radius 2 is 2.00 bits per heavy atom. The van der Waals surface area contributed by atoms with Gasteiger partial charge in [0.1, 0.15) is 0 Å². The van der Waals surface area contributed by atoms with Gasteiger partial charge in [-0.2, -0.15) is 0 Å². The molecule has 0 aliphatic carbocycles. The van der Waals surface area contributed by atoms with Crippen molar-refractivity contribution in [3.8, 4) is 0 Å². The van der Waals surface area contributed by atoms with Crippen molar-refractivity contribution in [1.82, 2.24) is 4.72 Å². The van der Waals surface area contributed by atoms with Crippen molar-refractivity contribution in [2.45, 2.75) is 43.9 Å². The molecule has 1 heterocycles. The Morgan fingerprint density at radius 3 is 2.42 bits per heavy atom. The molecule has 1 N–H and O–H groups in total. The number of nitrogens with one attached hydrogen (secondary N) is 1. The fraction of sp³-hybridized carbons (Fsp3) is 0.667. The highest BCUT2D eigenvalue weighted by Crippen LogP contribution is 2.29. The predicted molar refractivity (Wildman–Crippen MR) is 85.7 cm³/mol. The van der Waals surface area contributed by atoms with E-state index in [1.807, 2.05) is 0 Å². The van der Waals surface area contributed by atoms with E-state index in [2.05, 4.69) is 34.5 Å². The SMILES string of the molecule is CCC(CC)C(Cl)CNS(=O)(=O)c1cc(Br)sc1C. The monoisotopic (exact) mass is 387 g/mol. The van der Waals surface area contributed by atoms with Crippen molar-refractivity contribution in [3.63, 3.8) is 0 Å². The topological polar surface area (TPSA) is 46.2 Å². The first-order chi connectivity index (χ1) is 8.81. The van der Waals surface area contributed by atoms with E-state index in [4.69, 9.17) is 11.6 Å². The van der Waals surface area contributed by atoms with Crippen LogP contribution < -0.4 is 4.72 Å². The molecule has 0 aromatic carbocycles. The highest BCUT2D eigenvalue weighted by Gasteiger charge is 2.22. The lowest BCUT2D eigenvalue weighted by Crippen LogP contribution is -2.33. The predicted octanol–water partition coefficient (Wildman–Crippen LogP) is 4.14. The molecule has 0 aliphatic rings. The average molecular weight is 389 g/mol. The Kier molecular flexibility index (Phi) is 6.79. The number of alkyl halides is 1. The van der Waals surface area contributed by atoms with Crippen molar-refractivity contribution >= 4 is 48.9 Å². The zero-order valence-corrected chi connectivity index (χ0v) is 15.2. The minimum Gasteiger partial charge on any atom is -0.210 e. The lowest BCUT2D eigenvalue weighted by molar-refractivity contribution is 0.460. The first-order valence-corrected chi connectivity index (χ1v) is 9.74. The maximum absolute atomic E-state index is 12.2. The van der Waals surface area contributed by atoms with E-state index in [9.17, 15) is 8.42 Å². The quantitative estimate of drug-likeness (QED) is 0.713. The van der Waals surface area contributed by atoms with Gasteiger partial charge in [-0.25, -0.2) is 13.1 Å². The van der Waals surface area contributed by atoms with Crippen LogP contribution in [0.2, 0.25) is 0 Å². The molecule has 0 radical (unpaired) electrons. The molecule has 1 unspecified atom stereocenters. The first kappa shape index (κ1) is 17.4. The summed E-state index contributed by atoms with van der Waals surface area (Å²) in [5.74, 6) is 0.333. The van der Waals surface area contributed by atoms with Gasteiger partial charge in [0, 0.05) is 16.8 Å². The molecular formula is C12H19BrClNO2S2. The molecule has 1 atom stereocenters. The van der Waals surface area contributed by atoms with Crippen molar-refractivity contribution < 1.29 is 8.42 Å². The fourth-order valence-corrected chi connectivity index (χ4v) is 5.93. The van der Waals surface area contributed by atoms with Gasteiger partial charge in [-0.3, -0.25) is 0 Å². The summed E-state index contributed by atoms with van der Waals surface area (Å²) in [6, 6.07) is 1.63. The van der Waals surface area contributed by atoms with E-state index in [0.717, 1.165) is 21.5 Å². The highest BCUT2D eigenvalue weighted by molar-refractivity contribution is 9.11. The Labute approximate surface area is 132 Å². The van der Waals surface area contributed by atoms with Crippen LogP contribution >= 0.6 is 38.9 Å². The minimum atomic E-state index is -3.47. The van der Waals surface area contributed by atoms with Crippen molar-refractivity contribution in [1.29, 1.82) is 0 Å². The molecule has 0 amide bonds. The molecule has 0 bridgehead atoms. The second-order valence-corrected chi connectivity index (χ2v) is 9.35. The standard InChI is InChI=1S/C12H19BrClNO2S2/c1-4-9(5-2)10(14)7-15-19(16,17)11-6-12(13)18-8(11)3/h6,9-10,15H,4-5,7H2,1-3H3. The van der Waals surface area contributed by atoms with E-state index in [1.165, 1.54) is 11.3 Å². The van der Waals surface area contributed by atoms with Crippen LogP contribution in [0.1, 0.15) is 31.6 Å². The summed E-state index contributed by atoms with van der Waals surface area (Å²) in [4.78, 5) is 1.10. The van der Waals surface area contributed by atoms with Gasteiger partial charge in [-0.05, 0) is 34.8 Å². The Balaban J connectivity index is 2.74. The van der Waals surface area contributed by atoms with E-state index in [1.54, 1.807) is 13.0 Å². The maximum atomic E-state index is 12.2. The van der Waals surface area contributed by atoms with Crippen molar-refractivity contribution in [2.24, 2.45) is 5.92 Å². The average Bonchev–Trinajstić information content (AvgIpc) is 2.68. The molecule has 19 heavy (non-hydrogen) atoms. The van der Waals surface area contributed by atoms with E-state index in [0.29, 0.717) is 10.8 Å². The normalized spacial score (nSPS) is 14.0. The third kappa shape index (κ3) is 4.70. The van der Waals surface area contributed by atoms with Gasteiger partial charge in [-0.15, -0.1) is 22.9 Å². The number of aryl methyl sites for hydroxylation is 1. The molecule has 1 rings (SSSR count). The fourth-order valence-electron chi connectivity index (χ4n) is 1.93. The van der Waals surface area contributed by atoms with E-state index < -0.39 is 10.0 Å². The summed E-state index contributed by atoms with van der Waals surface area (Å²) in [6.07, 6.45) is 1.91. The molecule has 1 aromatic heterocycles. The molecule has 1 aromatic rings. The van der Waals surface area contributed by atoms with Gasteiger partial charge < -0.3 is 0 Å². The largest absolute Gasteiger partial charge is 0.241 e. The number of hydrogen-bond acceptors (Lipinski definition) is 3. The number of hydrogen-bond donors (Lipinski definition) is 1. The molecule has 110 valence electrons. The lowest BCUT2D eigenvalue weighted by Gasteiger charge is -2.19. The smallest absolute Gasteiger partial charge is 0.210 e. The van der Waals surface area contributed by atoms with Crippen LogP contribution in [-0.4, -0.2) is 20.3 Å². The summed E-state index contributed by atoms with van der Waals surface area (Å²) in [5.41, 5.74) is 0. The van der Waals surface area contributed by atoms with Crippen LogP contribution in [0.5, 0.6) is 0 Å². The molecule has 0 saturated carbocycles. The third-order valence-corrected chi connectivity index (χ3v) is 6.90. The zero-order chi connectivity index (χ0) is 14.6. The van der Waals surface area contributed by atoms with Crippen LogP contribution in [0.15, 0.2) is 14.7 Å². The second-order valence-electron chi connectivity index (χ2n) is 4.42. The Morgan fingerprint density at radius 1 is 1.42 bits per heavy atom. The summed E-state index contributed by atoms with van der Waals surface area (Å²) in [7, 11) is -3.47. The summed E-state index contributed by atoms with van der Waals surface area (Å²) < 4.78 is 27.8. The zero-order valence-electron chi connectivity index (χ0n) is 11.2. The molecule has 7 heteroatoms. The van der Waals surface area contributed by atoms with Crippen molar-refractivity contribution in [3.05, 3.63) is 14.7 Å². The first-order valence-electron chi connectivity index (χ1n) is 6.21. The Bertz CT molecular complexity index is 512. The molecule has 0 aliphatic heterocycles. The van der Waals surface area contributed by atoms with Gasteiger partial charge in [-0.1, -0.05) is 26.7 Å². The second kappa shape index (κ2) is 7.41. The lowest BCUT2D eigenvalue weighted by atomic mass is 9.99. The van der Waals surface area contributed by atoms with Gasteiger partial charge >= 0.3 is 0 Å². The molecule has 0 fully saturated rings. The highest BCUT2D eigenvalue weighted by atomic mass is 79.9. The van der Waals surface area contributed by atoms with E-state index >= 15 is 0 Å². The minimum absolute atomic E-state index is 0.174. The van der Waals surface area contributed by atoms with Gasteiger partial charge in [0.15, 0.2) is 0 Å². The summed E-state index contributed by atoms with van der Waals surface area (Å²) >= 11 is 11.0. The third-order valence-electron chi connectivity index (χ3n) is 3.16. The van der Waals surface area contributed by atoms with Crippen LogP contribution in [0, 0.1) is 12.8 Å². The number of halogens is 2. The van der Waals surface area contributed by atoms with E-state index in [-0.39, 0.29) is 11.9 Å². The van der Waals surface area contributed by atoms with Crippen molar-refractivity contribution in [2.75, 3.05) is 6.54 Å².